The summed E-state index contributed by atoms with van der Waals surface area (Å²) < 4.78 is 8.92. The number of ether oxygens (including phenoxy) is 1. The normalized spacial score (nSPS) is 17.4. The smallest absolute Gasteiger partial charge is 0.306 e. The maximum Gasteiger partial charge on any atom is 0.306 e. The van der Waals surface area contributed by atoms with Crippen LogP contribution in [0.3, 0.4) is 0 Å². The van der Waals surface area contributed by atoms with Crippen LogP contribution in [0.1, 0.15) is 79.8 Å². The number of nitrogens with zero attached hydrogens (tertiary/aromatic N) is 4. The van der Waals surface area contributed by atoms with Crippen molar-refractivity contribution in [2.24, 2.45) is 0 Å². The Hall–Kier alpha value is -2.55. The molecule has 2 aromatic carbocycles. The zero-order valence-corrected chi connectivity index (χ0v) is 26.9. The second kappa shape index (κ2) is 14.5. The average Bonchev–Trinajstić information content (AvgIpc) is 3.63. The molecule has 4 aromatic rings. The molecule has 0 amide bonds. The van der Waals surface area contributed by atoms with Gasteiger partial charge in [-0.15, -0.1) is 0 Å². The first-order valence-electron chi connectivity index (χ1n) is 14.6. The number of fused-ring (bicyclic) bond motifs is 2. The number of hydrogen-bond acceptors (Lipinski definition) is 5. The molecule has 0 bridgehead atoms. The summed E-state index contributed by atoms with van der Waals surface area (Å²) in [5.74, 6) is 0.447. The molecule has 11 heteroatoms. The molecule has 2 aromatic heterocycles. The first-order valence-corrected chi connectivity index (χ1v) is 16.1. The average molecular weight is 664 g/mol. The Bertz CT molecular complexity index is 1580. The van der Waals surface area contributed by atoms with E-state index in [0.29, 0.717) is 39.0 Å². The van der Waals surface area contributed by atoms with E-state index in [4.69, 9.17) is 51.1 Å². The zero-order valence-electron chi connectivity index (χ0n) is 23.9. The van der Waals surface area contributed by atoms with Crippen LogP contribution in [-0.2, 0) is 22.4 Å². The number of aliphatic hydroxyl groups is 1. The third kappa shape index (κ3) is 7.23. The lowest BCUT2D eigenvalue weighted by atomic mass is 9.85. The third-order valence-electron chi connectivity index (χ3n) is 8.11. The van der Waals surface area contributed by atoms with E-state index in [1.54, 1.807) is 12.1 Å². The van der Waals surface area contributed by atoms with Crippen LogP contribution in [0.2, 0.25) is 20.1 Å². The molecule has 1 N–H and O–H groups in total. The van der Waals surface area contributed by atoms with Crippen LogP contribution in [0.5, 0.6) is 0 Å². The maximum absolute atomic E-state index is 11.8. The molecule has 7 nitrogen and oxygen atoms in total. The second-order valence-electron chi connectivity index (χ2n) is 10.8. The van der Waals surface area contributed by atoms with Crippen molar-refractivity contribution in [1.82, 2.24) is 19.6 Å². The van der Waals surface area contributed by atoms with E-state index in [1.807, 2.05) is 52.9 Å². The monoisotopic (exact) mass is 662 g/mol. The van der Waals surface area contributed by atoms with Gasteiger partial charge < -0.3 is 9.84 Å². The summed E-state index contributed by atoms with van der Waals surface area (Å²) in [6, 6.07) is 11.0. The van der Waals surface area contributed by atoms with Gasteiger partial charge in [0.15, 0.2) is 0 Å². The third-order valence-corrected chi connectivity index (χ3v) is 9.58. The van der Waals surface area contributed by atoms with Crippen molar-refractivity contribution in [2.75, 3.05) is 13.2 Å². The molecule has 2 aliphatic rings. The number of halogens is 4. The van der Waals surface area contributed by atoms with Gasteiger partial charge in [0, 0.05) is 18.0 Å². The molecule has 0 saturated heterocycles. The Morgan fingerprint density at radius 2 is 1.35 bits per heavy atom. The van der Waals surface area contributed by atoms with Crippen LogP contribution < -0.4 is 0 Å². The van der Waals surface area contributed by atoms with Gasteiger partial charge in [-0.3, -0.25) is 4.79 Å². The number of esters is 1. The number of carbonyl (C=O) groups is 1. The van der Waals surface area contributed by atoms with Crippen LogP contribution in [0.4, 0.5) is 0 Å². The summed E-state index contributed by atoms with van der Waals surface area (Å²) in [5, 5.41) is 20.3. The number of aliphatic hydroxyl groups excluding tert-OH is 1. The van der Waals surface area contributed by atoms with Gasteiger partial charge in [-0.1, -0.05) is 46.4 Å². The molecule has 2 aliphatic carbocycles. The maximum atomic E-state index is 11.8. The van der Waals surface area contributed by atoms with Crippen LogP contribution in [0.25, 0.3) is 11.4 Å². The highest BCUT2D eigenvalue weighted by atomic mass is 35.5. The van der Waals surface area contributed by atoms with Crippen molar-refractivity contribution >= 4 is 52.4 Å². The lowest BCUT2D eigenvalue weighted by Crippen LogP contribution is -2.16. The van der Waals surface area contributed by atoms with E-state index in [-0.39, 0.29) is 18.5 Å². The lowest BCUT2D eigenvalue weighted by Gasteiger charge is -2.22. The van der Waals surface area contributed by atoms with E-state index >= 15 is 0 Å². The van der Waals surface area contributed by atoms with E-state index in [9.17, 15) is 9.90 Å². The molecule has 0 fully saturated rings. The molecule has 2 heterocycles. The van der Waals surface area contributed by atoms with Gasteiger partial charge in [-0.2, -0.15) is 10.2 Å². The fraction of sp³-hybridized carbons (Fsp3) is 0.406. The molecule has 0 radical (unpaired) electrons. The Labute approximate surface area is 271 Å². The van der Waals surface area contributed by atoms with E-state index in [2.05, 4.69) is 10.2 Å². The highest BCUT2D eigenvalue weighted by molar-refractivity contribution is 6.42. The second-order valence-corrected chi connectivity index (χ2v) is 12.4. The summed E-state index contributed by atoms with van der Waals surface area (Å²) in [5.41, 5.74) is 6.59. The summed E-state index contributed by atoms with van der Waals surface area (Å²) in [6.45, 7) is 2.47. The SMILES string of the molecule is CCOC(=O)CC1CCCc2c1cnn2-c1ccc(Cl)c(Cl)c1.OCCC1CCCc2c1cnn2-c1ccc(Cl)c(Cl)c1. The Morgan fingerprint density at radius 1 is 0.837 bits per heavy atom. The van der Waals surface area contributed by atoms with E-state index in [1.165, 1.54) is 11.3 Å². The molecular formula is C32H34Cl4N4O3. The van der Waals surface area contributed by atoms with Gasteiger partial charge in [0.25, 0.3) is 0 Å². The van der Waals surface area contributed by atoms with E-state index in [0.717, 1.165) is 67.6 Å². The first kappa shape index (κ1) is 31.9. The van der Waals surface area contributed by atoms with E-state index < -0.39 is 0 Å². The molecule has 0 saturated carbocycles. The number of carbonyl (C=O) groups excluding carboxylic acids is 1. The predicted molar refractivity (Wildman–Crippen MR) is 171 cm³/mol. The number of benzene rings is 2. The molecule has 228 valence electrons. The molecule has 43 heavy (non-hydrogen) atoms. The van der Waals surface area contributed by atoms with Gasteiger partial charge in [0.1, 0.15) is 0 Å². The minimum absolute atomic E-state index is 0.146. The van der Waals surface area contributed by atoms with Gasteiger partial charge >= 0.3 is 5.97 Å². The quantitative estimate of drug-likeness (QED) is 0.200. The van der Waals surface area contributed by atoms with Crippen LogP contribution >= 0.6 is 46.4 Å². The summed E-state index contributed by atoms with van der Waals surface area (Å²) >= 11 is 24.1. The van der Waals surface area contributed by atoms with Gasteiger partial charge in [0.05, 0.1) is 56.9 Å². The summed E-state index contributed by atoms with van der Waals surface area (Å²) in [6.07, 6.45) is 11.2. The number of hydrogen-bond donors (Lipinski definition) is 1. The standard InChI is InChI=1S/C17H18Cl2N2O2.C15H16Cl2N2O/c1-2-23-17(22)8-11-4-3-5-16-13(11)10-20-21(16)12-6-7-14(18)15(19)9-12;16-13-5-4-11(8-14(13)17)19-15-3-1-2-10(6-7-20)12(15)9-18-19/h6-7,9-11H,2-5,8H2,1H3;4-5,8-10,20H,1-3,6-7H2. The van der Waals surface area contributed by atoms with Gasteiger partial charge in [-0.05, 0) is 111 Å². The van der Waals surface area contributed by atoms with Crippen LogP contribution in [0.15, 0.2) is 48.8 Å². The van der Waals surface area contributed by atoms with Crippen molar-refractivity contribution < 1.29 is 14.6 Å². The highest BCUT2D eigenvalue weighted by Crippen LogP contribution is 2.37. The van der Waals surface area contributed by atoms with Crippen molar-refractivity contribution in [3.8, 4) is 11.4 Å². The number of rotatable bonds is 7. The zero-order chi connectivity index (χ0) is 30.5. The van der Waals surface area contributed by atoms with Crippen LogP contribution in [0, 0.1) is 0 Å². The van der Waals surface area contributed by atoms with Crippen LogP contribution in [-0.4, -0.2) is 43.9 Å². The molecule has 2 atom stereocenters. The van der Waals surface area contributed by atoms with Crippen molar-refractivity contribution in [3.05, 3.63) is 91.4 Å². The Kier molecular flexibility index (Phi) is 10.7. The van der Waals surface area contributed by atoms with Crippen molar-refractivity contribution in [3.63, 3.8) is 0 Å². The largest absolute Gasteiger partial charge is 0.466 e. The minimum atomic E-state index is -0.146. The van der Waals surface area contributed by atoms with Gasteiger partial charge in [-0.25, -0.2) is 9.36 Å². The molecule has 0 aliphatic heterocycles. The Balaban J connectivity index is 0.000000173. The fourth-order valence-corrected chi connectivity index (χ4v) is 6.65. The summed E-state index contributed by atoms with van der Waals surface area (Å²) in [7, 11) is 0. The number of aromatic nitrogens is 4. The molecule has 0 spiro atoms. The predicted octanol–water partition coefficient (Wildman–Crippen LogP) is 8.53. The van der Waals surface area contributed by atoms with Crippen molar-refractivity contribution in [1.29, 1.82) is 0 Å². The minimum Gasteiger partial charge on any atom is -0.466 e. The topological polar surface area (TPSA) is 82.2 Å². The first-order chi connectivity index (χ1) is 20.8. The Morgan fingerprint density at radius 3 is 1.84 bits per heavy atom. The van der Waals surface area contributed by atoms with Crippen molar-refractivity contribution in [2.45, 2.75) is 70.1 Å². The molecular weight excluding hydrogens is 630 g/mol. The summed E-state index contributed by atoms with van der Waals surface area (Å²) in [4.78, 5) is 11.8. The highest BCUT2D eigenvalue weighted by Gasteiger charge is 2.27. The molecule has 6 rings (SSSR count). The molecule has 2 unspecified atom stereocenters. The fourth-order valence-electron chi connectivity index (χ4n) is 6.07. The lowest BCUT2D eigenvalue weighted by molar-refractivity contribution is -0.143. The van der Waals surface area contributed by atoms with Gasteiger partial charge in [0.2, 0.25) is 0 Å².